The Labute approximate surface area is 151 Å². The van der Waals surface area contributed by atoms with Crippen LogP contribution in [0.25, 0.3) is 0 Å². The van der Waals surface area contributed by atoms with Crippen LogP contribution in [0.2, 0.25) is 0 Å². The molecule has 0 saturated carbocycles. The third-order valence-corrected chi connectivity index (χ3v) is 5.44. The number of fused-ring (bicyclic) bond motifs is 1. The van der Waals surface area contributed by atoms with Crippen LogP contribution in [0, 0.1) is 0 Å². The lowest BCUT2D eigenvalue weighted by Gasteiger charge is -2.18. The number of ether oxygens (including phenoxy) is 1. The fourth-order valence-electron chi connectivity index (χ4n) is 3.07. The number of hydrogen-bond acceptors (Lipinski definition) is 5. The summed E-state index contributed by atoms with van der Waals surface area (Å²) in [5.74, 6) is -0.481. The smallest absolute Gasteiger partial charge is 0.341 e. The predicted octanol–water partition coefficient (Wildman–Crippen LogP) is 3.49. The van der Waals surface area contributed by atoms with E-state index in [4.69, 9.17) is 4.74 Å². The second-order valence-corrected chi connectivity index (χ2v) is 7.13. The first-order valence-corrected chi connectivity index (χ1v) is 9.29. The third-order valence-electron chi connectivity index (χ3n) is 4.23. The lowest BCUT2D eigenvalue weighted by atomic mass is 10.1. The Morgan fingerprint density at radius 3 is 2.72 bits per heavy atom. The van der Waals surface area contributed by atoms with E-state index in [0.29, 0.717) is 17.2 Å². The van der Waals surface area contributed by atoms with Crippen molar-refractivity contribution in [1.82, 2.24) is 0 Å². The zero-order chi connectivity index (χ0) is 17.8. The molecule has 25 heavy (non-hydrogen) atoms. The summed E-state index contributed by atoms with van der Waals surface area (Å²) < 4.78 is 5.19. The largest absolute Gasteiger partial charge is 0.462 e. The van der Waals surface area contributed by atoms with Crippen LogP contribution >= 0.6 is 11.3 Å². The van der Waals surface area contributed by atoms with Gasteiger partial charge in [-0.25, -0.2) is 4.79 Å². The zero-order valence-electron chi connectivity index (χ0n) is 14.5. The Morgan fingerprint density at radius 2 is 2.00 bits per heavy atom. The quantitative estimate of drug-likeness (QED) is 0.803. The Hall–Kier alpha value is -2.34. The molecule has 0 radical (unpaired) electrons. The highest BCUT2D eigenvalue weighted by molar-refractivity contribution is 7.17. The number of nitrogens with zero attached hydrogens (tertiary/aromatic N) is 1. The molecule has 1 aromatic carbocycles. The molecule has 0 saturated heterocycles. The van der Waals surface area contributed by atoms with Crippen molar-refractivity contribution in [2.75, 3.05) is 30.4 Å². The first-order valence-electron chi connectivity index (χ1n) is 8.47. The molecule has 5 nitrogen and oxygen atoms in total. The first-order chi connectivity index (χ1) is 12.1. The molecule has 1 N–H and O–H groups in total. The molecule has 132 valence electrons. The summed E-state index contributed by atoms with van der Waals surface area (Å²) in [5, 5.41) is 3.54. The maximum Gasteiger partial charge on any atom is 0.341 e. The van der Waals surface area contributed by atoms with E-state index in [9.17, 15) is 9.59 Å². The standard InChI is InChI=1S/C19H22N2O3S/c1-3-24-19(23)17-14-10-7-11-15(14)25-18(17)20-16(22)12-21(2)13-8-5-4-6-9-13/h4-6,8-9H,3,7,10-12H2,1-2H3,(H,20,22). The predicted molar refractivity (Wildman–Crippen MR) is 101 cm³/mol. The summed E-state index contributed by atoms with van der Waals surface area (Å²) in [5.41, 5.74) is 2.57. The van der Waals surface area contributed by atoms with Gasteiger partial charge in [0.15, 0.2) is 0 Å². The van der Waals surface area contributed by atoms with Gasteiger partial charge in [0, 0.05) is 17.6 Å². The zero-order valence-corrected chi connectivity index (χ0v) is 15.3. The van der Waals surface area contributed by atoms with Crippen molar-refractivity contribution in [1.29, 1.82) is 0 Å². The van der Waals surface area contributed by atoms with Crippen LogP contribution in [0.5, 0.6) is 0 Å². The molecule has 0 spiro atoms. The van der Waals surface area contributed by atoms with Crippen LogP contribution in [0.4, 0.5) is 10.7 Å². The molecule has 0 fully saturated rings. The minimum absolute atomic E-state index is 0.142. The average molecular weight is 358 g/mol. The van der Waals surface area contributed by atoms with Gasteiger partial charge in [0.2, 0.25) is 5.91 Å². The monoisotopic (exact) mass is 358 g/mol. The normalized spacial score (nSPS) is 12.6. The molecule has 0 unspecified atom stereocenters. The van der Waals surface area contributed by atoms with E-state index in [-0.39, 0.29) is 18.4 Å². The van der Waals surface area contributed by atoms with Crippen LogP contribution in [0.1, 0.15) is 34.1 Å². The van der Waals surface area contributed by atoms with Crippen LogP contribution in [-0.2, 0) is 22.4 Å². The lowest BCUT2D eigenvalue weighted by molar-refractivity contribution is -0.114. The maximum absolute atomic E-state index is 12.5. The molecule has 1 aromatic heterocycles. The van der Waals surface area contributed by atoms with Crippen LogP contribution in [0.3, 0.4) is 0 Å². The maximum atomic E-state index is 12.5. The summed E-state index contributed by atoms with van der Waals surface area (Å²) >= 11 is 1.50. The molecule has 1 heterocycles. The number of benzene rings is 1. The van der Waals surface area contributed by atoms with Crippen LogP contribution < -0.4 is 10.2 Å². The second-order valence-electron chi connectivity index (χ2n) is 6.02. The minimum Gasteiger partial charge on any atom is -0.462 e. The van der Waals surface area contributed by atoms with Crippen molar-refractivity contribution >= 4 is 33.9 Å². The van der Waals surface area contributed by atoms with Crippen molar-refractivity contribution in [2.45, 2.75) is 26.2 Å². The van der Waals surface area contributed by atoms with E-state index >= 15 is 0 Å². The SMILES string of the molecule is CCOC(=O)c1c(NC(=O)CN(C)c2ccccc2)sc2c1CCC2. The van der Waals surface area contributed by atoms with E-state index in [0.717, 1.165) is 30.5 Å². The number of carbonyl (C=O) groups excluding carboxylic acids is 2. The number of para-hydroxylation sites is 1. The number of nitrogens with one attached hydrogen (secondary N) is 1. The number of amides is 1. The molecule has 1 aliphatic rings. The van der Waals surface area contributed by atoms with Crippen molar-refractivity contribution in [2.24, 2.45) is 0 Å². The van der Waals surface area contributed by atoms with E-state index in [1.807, 2.05) is 42.3 Å². The van der Waals surface area contributed by atoms with Gasteiger partial charge >= 0.3 is 5.97 Å². The molecule has 0 bridgehead atoms. The molecular formula is C19H22N2O3S. The summed E-state index contributed by atoms with van der Waals surface area (Å²) in [6.45, 7) is 2.33. The number of aryl methyl sites for hydroxylation is 1. The number of carbonyl (C=O) groups is 2. The Balaban J connectivity index is 1.74. The van der Waals surface area contributed by atoms with Crippen molar-refractivity contribution in [3.8, 4) is 0 Å². The summed E-state index contributed by atoms with van der Waals surface area (Å²) in [4.78, 5) is 27.9. The number of likely N-dealkylation sites (N-methyl/N-ethyl adjacent to an activating group) is 1. The van der Waals surface area contributed by atoms with Gasteiger partial charge in [0.1, 0.15) is 5.00 Å². The van der Waals surface area contributed by atoms with Crippen molar-refractivity contribution in [3.63, 3.8) is 0 Å². The minimum atomic E-state index is -0.339. The highest BCUT2D eigenvalue weighted by Crippen LogP contribution is 2.39. The second kappa shape index (κ2) is 7.70. The number of esters is 1. The van der Waals surface area contributed by atoms with Gasteiger partial charge in [-0.3, -0.25) is 4.79 Å². The molecule has 3 rings (SSSR count). The number of rotatable bonds is 6. The molecule has 6 heteroatoms. The fraction of sp³-hybridized carbons (Fsp3) is 0.368. The highest BCUT2D eigenvalue weighted by atomic mass is 32.1. The van der Waals surface area contributed by atoms with Crippen molar-refractivity contribution in [3.05, 3.63) is 46.3 Å². The fourth-order valence-corrected chi connectivity index (χ4v) is 4.36. The average Bonchev–Trinajstić information content (AvgIpc) is 3.16. The molecule has 2 aromatic rings. The number of anilines is 2. The van der Waals surface area contributed by atoms with Gasteiger partial charge in [-0.2, -0.15) is 0 Å². The Bertz CT molecular complexity index is 770. The van der Waals surface area contributed by atoms with Gasteiger partial charge in [0.25, 0.3) is 0 Å². The van der Waals surface area contributed by atoms with E-state index in [1.165, 1.54) is 16.2 Å². The number of thiophene rings is 1. The van der Waals surface area contributed by atoms with Crippen molar-refractivity contribution < 1.29 is 14.3 Å². The summed E-state index contributed by atoms with van der Waals surface area (Å²) in [7, 11) is 1.87. The van der Waals surface area contributed by atoms with E-state index in [2.05, 4.69) is 5.32 Å². The number of hydrogen-bond donors (Lipinski definition) is 1. The molecule has 0 atom stereocenters. The lowest BCUT2D eigenvalue weighted by Crippen LogP contribution is -2.30. The van der Waals surface area contributed by atoms with Gasteiger partial charge in [-0.1, -0.05) is 18.2 Å². The molecule has 1 aliphatic carbocycles. The van der Waals surface area contributed by atoms with E-state index < -0.39 is 0 Å². The Morgan fingerprint density at radius 1 is 1.24 bits per heavy atom. The summed E-state index contributed by atoms with van der Waals surface area (Å²) in [6.07, 6.45) is 2.89. The van der Waals surface area contributed by atoms with E-state index in [1.54, 1.807) is 6.92 Å². The topological polar surface area (TPSA) is 58.6 Å². The highest BCUT2D eigenvalue weighted by Gasteiger charge is 2.28. The van der Waals surface area contributed by atoms with Gasteiger partial charge in [0.05, 0.1) is 18.7 Å². The van der Waals surface area contributed by atoms with Gasteiger partial charge in [-0.15, -0.1) is 11.3 Å². The summed E-state index contributed by atoms with van der Waals surface area (Å²) in [6, 6.07) is 9.73. The third kappa shape index (κ3) is 3.85. The van der Waals surface area contributed by atoms with Gasteiger partial charge < -0.3 is 15.0 Å². The Kier molecular flexibility index (Phi) is 5.38. The van der Waals surface area contributed by atoms with Crippen LogP contribution in [-0.4, -0.2) is 32.1 Å². The van der Waals surface area contributed by atoms with Crippen LogP contribution in [0.15, 0.2) is 30.3 Å². The van der Waals surface area contributed by atoms with Gasteiger partial charge in [-0.05, 0) is 43.9 Å². The molecular weight excluding hydrogens is 336 g/mol. The molecule has 1 amide bonds. The first kappa shape index (κ1) is 17.5. The molecule has 0 aliphatic heterocycles.